The second kappa shape index (κ2) is 5.14. The highest BCUT2D eigenvalue weighted by atomic mass is 32.2. The van der Waals surface area contributed by atoms with Crippen molar-refractivity contribution in [2.75, 3.05) is 12.0 Å². The maximum atomic E-state index is 11.8. The minimum absolute atomic E-state index is 0.0422. The maximum absolute atomic E-state index is 11.8. The quantitative estimate of drug-likeness (QED) is 0.684. The highest BCUT2D eigenvalue weighted by Crippen LogP contribution is 2.34. The molecule has 2 aliphatic rings. The first-order valence-corrected chi connectivity index (χ1v) is 8.30. The standard InChI is InChI=1S/C11H20N2O4S/c1-18(15,16)5-4-8(12)11(14)13-9-6-7-2-3-10(9)17-7/h7-10H,2-6,12H2,1H3,(H,13,14). The Morgan fingerprint density at radius 1 is 1.50 bits per heavy atom. The van der Waals surface area contributed by atoms with Crippen molar-refractivity contribution in [3.05, 3.63) is 0 Å². The van der Waals surface area contributed by atoms with Gasteiger partial charge in [0, 0.05) is 6.26 Å². The summed E-state index contributed by atoms with van der Waals surface area (Å²) < 4.78 is 27.6. The monoisotopic (exact) mass is 276 g/mol. The minimum Gasteiger partial charge on any atom is -0.373 e. The molecule has 7 heteroatoms. The summed E-state index contributed by atoms with van der Waals surface area (Å²) in [6.45, 7) is 0. The molecule has 0 spiro atoms. The molecule has 0 saturated carbocycles. The molecule has 2 rings (SSSR count). The zero-order valence-electron chi connectivity index (χ0n) is 10.5. The van der Waals surface area contributed by atoms with E-state index in [1.54, 1.807) is 0 Å². The van der Waals surface area contributed by atoms with E-state index in [-0.39, 0.29) is 36.3 Å². The van der Waals surface area contributed by atoms with Crippen LogP contribution >= 0.6 is 0 Å². The van der Waals surface area contributed by atoms with E-state index >= 15 is 0 Å². The van der Waals surface area contributed by atoms with Crippen LogP contribution in [0.4, 0.5) is 0 Å². The third-order valence-electron chi connectivity index (χ3n) is 3.57. The van der Waals surface area contributed by atoms with Gasteiger partial charge >= 0.3 is 0 Å². The fourth-order valence-corrected chi connectivity index (χ4v) is 3.23. The van der Waals surface area contributed by atoms with Gasteiger partial charge in [0.1, 0.15) is 9.84 Å². The molecule has 1 amide bonds. The Hall–Kier alpha value is -0.660. The molecule has 0 aromatic rings. The van der Waals surface area contributed by atoms with E-state index in [9.17, 15) is 13.2 Å². The van der Waals surface area contributed by atoms with Crippen molar-refractivity contribution < 1.29 is 17.9 Å². The third kappa shape index (κ3) is 3.43. The number of rotatable bonds is 5. The fraction of sp³-hybridized carbons (Fsp3) is 0.909. The molecule has 2 aliphatic heterocycles. The largest absolute Gasteiger partial charge is 0.373 e. The third-order valence-corrected chi connectivity index (χ3v) is 4.55. The number of nitrogens with two attached hydrogens (primary N) is 1. The molecule has 18 heavy (non-hydrogen) atoms. The van der Waals surface area contributed by atoms with Crippen LogP contribution in [0.2, 0.25) is 0 Å². The first-order valence-electron chi connectivity index (χ1n) is 6.24. The molecule has 0 radical (unpaired) electrons. The lowest BCUT2D eigenvalue weighted by atomic mass is 9.95. The van der Waals surface area contributed by atoms with Crippen LogP contribution in [0.25, 0.3) is 0 Å². The Morgan fingerprint density at radius 3 is 2.72 bits per heavy atom. The Bertz CT molecular complexity index is 423. The molecule has 104 valence electrons. The van der Waals surface area contributed by atoms with Crippen LogP contribution < -0.4 is 11.1 Å². The predicted octanol–water partition coefficient (Wildman–Crippen LogP) is -0.815. The molecule has 0 aromatic carbocycles. The number of fused-ring (bicyclic) bond motifs is 2. The SMILES string of the molecule is CS(=O)(=O)CCC(N)C(=O)NC1CC2CCC1O2. The Kier molecular flexibility index (Phi) is 3.93. The number of sulfone groups is 1. The van der Waals surface area contributed by atoms with Crippen LogP contribution in [-0.2, 0) is 19.4 Å². The van der Waals surface area contributed by atoms with Crippen LogP contribution in [-0.4, -0.2) is 50.6 Å². The van der Waals surface area contributed by atoms with Crippen molar-refractivity contribution in [1.29, 1.82) is 0 Å². The Morgan fingerprint density at radius 2 is 2.22 bits per heavy atom. The second-order valence-electron chi connectivity index (χ2n) is 5.25. The number of carbonyl (C=O) groups excluding carboxylic acids is 1. The molecule has 0 aliphatic carbocycles. The van der Waals surface area contributed by atoms with Crippen molar-refractivity contribution >= 4 is 15.7 Å². The number of amides is 1. The lowest BCUT2D eigenvalue weighted by molar-refractivity contribution is -0.123. The summed E-state index contributed by atoms with van der Waals surface area (Å²) in [4.78, 5) is 11.8. The van der Waals surface area contributed by atoms with E-state index in [0.717, 1.165) is 25.5 Å². The van der Waals surface area contributed by atoms with E-state index in [1.807, 2.05) is 0 Å². The van der Waals surface area contributed by atoms with E-state index in [2.05, 4.69) is 5.32 Å². The normalized spacial score (nSPS) is 32.4. The molecule has 6 nitrogen and oxygen atoms in total. The van der Waals surface area contributed by atoms with Gasteiger partial charge in [-0.05, 0) is 25.7 Å². The molecule has 2 bridgehead atoms. The number of hydrogen-bond acceptors (Lipinski definition) is 5. The lowest BCUT2D eigenvalue weighted by Gasteiger charge is -2.22. The average molecular weight is 276 g/mol. The Labute approximate surface area is 107 Å². The number of ether oxygens (including phenoxy) is 1. The molecule has 4 unspecified atom stereocenters. The maximum Gasteiger partial charge on any atom is 0.237 e. The van der Waals surface area contributed by atoms with Gasteiger partial charge in [0.25, 0.3) is 0 Å². The van der Waals surface area contributed by atoms with Gasteiger partial charge in [0.05, 0.1) is 30.0 Å². The number of nitrogens with one attached hydrogen (secondary N) is 1. The van der Waals surface area contributed by atoms with Crippen molar-refractivity contribution in [3.63, 3.8) is 0 Å². The molecular weight excluding hydrogens is 256 g/mol. The minimum atomic E-state index is -3.07. The first-order chi connectivity index (χ1) is 8.35. The number of carbonyl (C=O) groups is 1. The smallest absolute Gasteiger partial charge is 0.237 e. The van der Waals surface area contributed by atoms with Crippen LogP contribution in [0.1, 0.15) is 25.7 Å². The molecule has 3 N–H and O–H groups in total. The zero-order valence-corrected chi connectivity index (χ0v) is 11.3. The summed E-state index contributed by atoms with van der Waals surface area (Å²) >= 11 is 0. The fourth-order valence-electron chi connectivity index (χ4n) is 2.55. The predicted molar refractivity (Wildman–Crippen MR) is 66.7 cm³/mol. The van der Waals surface area contributed by atoms with Crippen LogP contribution in [0.3, 0.4) is 0 Å². The van der Waals surface area contributed by atoms with Crippen molar-refractivity contribution in [2.24, 2.45) is 5.73 Å². The van der Waals surface area contributed by atoms with Gasteiger partial charge in [-0.3, -0.25) is 4.79 Å². The van der Waals surface area contributed by atoms with Gasteiger partial charge < -0.3 is 15.8 Å². The molecule has 2 heterocycles. The average Bonchev–Trinajstić information content (AvgIpc) is 2.86. The molecule has 0 aromatic heterocycles. The summed E-state index contributed by atoms with van der Waals surface area (Å²) in [6, 6.07) is -0.723. The van der Waals surface area contributed by atoms with Crippen molar-refractivity contribution in [1.82, 2.24) is 5.32 Å². The van der Waals surface area contributed by atoms with Crippen molar-refractivity contribution in [2.45, 2.75) is 50.0 Å². The van der Waals surface area contributed by atoms with Crippen LogP contribution in [0.15, 0.2) is 0 Å². The van der Waals surface area contributed by atoms with Gasteiger partial charge in [-0.2, -0.15) is 0 Å². The first kappa shape index (κ1) is 13.8. The van der Waals surface area contributed by atoms with E-state index in [1.165, 1.54) is 0 Å². The van der Waals surface area contributed by atoms with Crippen LogP contribution in [0, 0.1) is 0 Å². The highest BCUT2D eigenvalue weighted by Gasteiger charge is 2.41. The summed E-state index contributed by atoms with van der Waals surface area (Å²) in [5, 5.41) is 2.86. The van der Waals surface area contributed by atoms with Gasteiger partial charge in [-0.1, -0.05) is 0 Å². The van der Waals surface area contributed by atoms with Gasteiger partial charge in [0.15, 0.2) is 0 Å². The van der Waals surface area contributed by atoms with Gasteiger partial charge in [-0.25, -0.2) is 8.42 Å². The lowest BCUT2D eigenvalue weighted by Crippen LogP contribution is -2.49. The second-order valence-corrected chi connectivity index (χ2v) is 7.51. The summed E-state index contributed by atoms with van der Waals surface area (Å²) in [5.41, 5.74) is 5.68. The molecule has 4 atom stereocenters. The van der Waals surface area contributed by atoms with Gasteiger partial charge in [-0.15, -0.1) is 0 Å². The summed E-state index contributed by atoms with van der Waals surface area (Å²) in [5.74, 6) is -0.339. The van der Waals surface area contributed by atoms with E-state index in [4.69, 9.17) is 10.5 Å². The van der Waals surface area contributed by atoms with E-state index < -0.39 is 15.9 Å². The summed E-state index contributed by atoms with van der Waals surface area (Å²) in [6.07, 6.45) is 4.57. The highest BCUT2D eigenvalue weighted by molar-refractivity contribution is 7.90. The van der Waals surface area contributed by atoms with Crippen LogP contribution in [0.5, 0.6) is 0 Å². The van der Waals surface area contributed by atoms with Crippen molar-refractivity contribution in [3.8, 4) is 0 Å². The molecular formula is C11H20N2O4S. The molecule has 2 saturated heterocycles. The summed E-state index contributed by atoms with van der Waals surface area (Å²) in [7, 11) is -3.07. The topological polar surface area (TPSA) is 98.5 Å². The van der Waals surface area contributed by atoms with Gasteiger partial charge in [0.2, 0.25) is 5.91 Å². The molecule has 2 fully saturated rings. The number of hydrogen-bond donors (Lipinski definition) is 2. The van der Waals surface area contributed by atoms with E-state index in [0.29, 0.717) is 0 Å². The zero-order chi connectivity index (χ0) is 13.3. The Balaban J connectivity index is 1.77.